The molecule has 2 heterocycles. The number of fused-ring (bicyclic) bond motifs is 3. The SMILES string of the molecule is Cc1ccccc1-c1cc2c([nH]1)c(=O)n(C)c1ccccc21. The van der Waals surface area contributed by atoms with Gasteiger partial charge in [0.2, 0.25) is 0 Å². The van der Waals surface area contributed by atoms with Gasteiger partial charge in [0.1, 0.15) is 5.52 Å². The molecule has 108 valence electrons. The fourth-order valence-electron chi connectivity index (χ4n) is 3.13. The lowest BCUT2D eigenvalue weighted by atomic mass is 10.1. The molecule has 3 nitrogen and oxygen atoms in total. The number of para-hydroxylation sites is 1. The average Bonchev–Trinajstić information content (AvgIpc) is 2.98. The van der Waals surface area contributed by atoms with Gasteiger partial charge in [-0.15, -0.1) is 0 Å². The highest BCUT2D eigenvalue weighted by Gasteiger charge is 2.13. The van der Waals surface area contributed by atoms with Crippen molar-refractivity contribution in [3.8, 4) is 11.3 Å². The summed E-state index contributed by atoms with van der Waals surface area (Å²) in [6.45, 7) is 2.08. The van der Waals surface area contributed by atoms with Crippen molar-refractivity contribution in [3.63, 3.8) is 0 Å². The van der Waals surface area contributed by atoms with Crippen molar-refractivity contribution in [2.75, 3.05) is 0 Å². The van der Waals surface area contributed by atoms with E-state index in [4.69, 9.17) is 0 Å². The van der Waals surface area contributed by atoms with Gasteiger partial charge in [0.25, 0.3) is 5.56 Å². The maximum absolute atomic E-state index is 12.6. The quantitative estimate of drug-likeness (QED) is 0.565. The molecule has 0 aliphatic heterocycles. The van der Waals surface area contributed by atoms with Crippen LogP contribution in [0, 0.1) is 6.92 Å². The lowest BCUT2D eigenvalue weighted by Gasteiger charge is -2.05. The molecule has 4 rings (SSSR count). The minimum atomic E-state index is 0.00790. The van der Waals surface area contributed by atoms with Gasteiger partial charge in [-0.2, -0.15) is 0 Å². The number of nitrogens with zero attached hydrogens (tertiary/aromatic N) is 1. The van der Waals surface area contributed by atoms with Crippen molar-refractivity contribution in [2.24, 2.45) is 7.05 Å². The Morgan fingerprint density at radius 1 is 0.955 bits per heavy atom. The summed E-state index contributed by atoms with van der Waals surface area (Å²) in [4.78, 5) is 15.9. The Kier molecular flexibility index (Phi) is 2.70. The van der Waals surface area contributed by atoms with Gasteiger partial charge in [0, 0.05) is 29.1 Å². The molecule has 0 atom stereocenters. The van der Waals surface area contributed by atoms with E-state index in [1.54, 1.807) is 4.57 Å². The largest absolute Gasteiger partial charge is 0.350 e. The number of benzene rings is 2. The normalized spacial score (nSPS) is 11.4. The first-order chi connectivity index (χ1) is 10.7. The Balaban J connectivity index is 2.15. The Hall–Kier alpha value is -2.81. The monoisotopic (exact) mass is 288 g/mol. The van der Waals surface area contributed by atoms with Crippen LogP contribution < -0.4 is 5.56 Å². The van der Waals surface area contributed by atoms with Gasteiger partial charge in [-0.05, 0) is 24.6 Å². The zero-order chi connectivity index (χ0) is 15.3. The third-order valence-electron chi connectivity index (χ3n) is 4.33. The summed E-state index contributed by atoms with van der Waals surface area (Å²) >= 11 is 0. The van der Waals surface area contributed by atoms with Crippen molar-refractivity contribution >= 4 is 21.8 Å². The highest BCUT2D eigenvalue weighted by atomic mass is 16.1. The van der Waals surface area contributed by atoms with Crippen LogP contribution in [0.1, 0.15) is 5.56 Å². The zero-order valence-electron chi connectivity index (χ0n) is 12.6. The molecule has 0 unspecified atom stereocenters. The molecule has 2 aromatic carbocycles. The standard InChI is InChI=1S/C19H16N2O/c1-12-7-3-4-8-13(12)16-11-15-14-9-5-6-10-17(14)21(2)19(22)18(15)20-16/h3-11,20H,1-2H3. The Morgan fingerprint density at radius 2 is 1.68 bits per heavy atom. The predicted molar refractivity (Wildman–Crippen MR) is 91.2 cm³/mol. The number of hydrogen-bond donors (Lipinski definition) is 1. The van der Waals surface area contributed by atoms with Crippen molar-refractivity contribution < 1.29 is 0 Å². The first kappa shape index (κ1) is 12.9. The van der Waals surface area contributed by atoms with Gasteiger partial charge in [-0.1, -0.05) is 42.5 Å². The van der Waals surface area contributed by atoms with Gasteiger partial charge < -0.3 is 9.55 Å². The molecule has 0 saturated heterocycles. The smallest absolute Gasteiger partial charge is 0.275 e. The molecule has 0 aliphatic rings. The summed E-state index contributed by atoms with van der Waals surface area (Å²) in [5.41, 5.74) is 4.94. The number of H-pyrrole nitrogens is 1. The topological polar surface area (TPSA) is 37.8 Å². The first-order valence-electron chi connectivity index (χ1n) is 7.33. The zero-order valence-corrected chi connectivity index (χ0v) is 12.6. The van der Waals surface area contributed by atoms with Crippen molar-refractivity contribution in [3.05, 3.63) is 70.5 Å². The van der Waals surface area contributed by atoms with Crippen LogP contribution in [0.25, 0.3) is 33.1 Å². The fourth-order valence-corrected chi connectivity index (χ4v) is 3.13. The molecule has 0 saturated carbocycles. The Morgan fingerprint density at radius 3 is 2.50 bits per heavy atom. The van der Waals surface area contributed by atoms with Gasteiger partial charge in [-0.3, -0.25) is 4.79 Å². The van der Waals surface area contributed by atoms with Crippen LogP contribution in [-0.2, 0) is 7.05 Å². The Bertz CT molecular complexity index is 1070. The first-order valence-corrected chi connectivity index (χ1v) is 7.33. The Labute approximate surface area is 127 Å². The third kappa shape index (κ3) is 1.72. The highest BCUT2D eigenvalue weighted by Crippen LogP contribution is 2.29. The summed E-state index contributed by atoms with van der Waals surface area (Å²) in [6, 6.07) is 18.3. The number of rotatable bonds is 1. The summed E-state index contributed by atoms with van der Waals surface area (Å²) < 4.78 is 1.70. The van der Waals surface area contributed by atoms with Gasteiger partial charge in [0.15, 0.2) is 0 Å². The lowest BCUT2D eigenvalue weighted by Crippen LogP contribution is -2.17. The van der Waals surface area contributed by atoms with E-state index in [1.807, 2.05) is 37.4 Å². The van der Waals surface area contributed by atoms with E-state index in [1.165, 1.54) is 5.56 Å². The second-order valence-corrected chi connectivity index (χ2v) is 5.67. The highest BCUT2D eigenvalue weighted by molar-refractivity contribution is 6.06. The van der Waals surface area contributed by atoms with E-state index in [-0.39, 0.29) is 5.56 Å². The fraction of sp³-hybridized carbons (Fsp3) is 0.105. The number of aryl methyl sites for hydroxylation is 2. The molecule has 0 aliphatic carbocycles. The number of pyridine rings is 1. The molecule has 4 aromatic rings. The van der Waals surface area contributed by atoms with Crippen molar-refractivity contribution in [1.82, 2.24) is 9.55 Å². The minimum Gasteiger partial charge on any atom is -0.350 e. The van der Waals surface area contributed by atoms with E-state index >= 15 is 0 Å². The van der Waals surface area contributed by atoms with Crippen LogP contribution in [-0.4, -0.2) is 9.55 Å². The maximum atomic E-state index is 12.6. The molecule has 0 fully saturated rings. The second-order valence-electron chi connectivity index (χ2n) is 5.67. The van der Waals surface area contributed by atoms with E-state index in [9.17, 15) is 4.79 Å². The molecule has 0 radical (unpaired) electrons. The summed E-state index contributed by atoms with van der Waals surface area (Å²) in [5.74, 6) is 0. The average molecular weight is 288 g/mol. The maximum Gasteiger partial charge on any atom is 0.275 e. The summed E-state index contributed by atoms with van der Waals surface area (Å²) in [6.07, 6.45) is 0. The minimum absolute atomic E-state index is 0.00790. The van der Waals surface area contributed by atoms with Crippen LogP contribution in [0.4, 0.5) is 0 Å². The molecule has 1 N–H and O–H groups in total. The van der Waals surface area contributed by atoms with Crippen LogP contribution in [0.2, 0.25) is 0 Å². The third-order valence-corrected chi connectivity index (χ3v) is 4.33. The van der Waals surface area contributed by atoms with Gasteiger partial charge in [-0.25, -0.2) is 0 Å². The molecule has 0 bridgehead atoms. The molecular formula is C19H16N2O. The second kappa shape index (κ2) is 4.60. The van der Waals surface area contributed by atoms with E-state index in [0.29, 0.717) is 5.52 Å². The molecule has 0 amide bonds. The number of hydrogen-bond acceptors (Lipinski definition) is 1. The van der Waals surface area contributed by atoms with Gasteiger partial charge in [0.05, 0.1) is 5.52 Å². The molecular weight excluding hydrogens is 272 g/mol. The van der Waals surface area contributed by atoms with E-state index < -0.39 is 0 Å². The van der Waals surface area contributed by atoms with Crippen molar-refractivity contribution in [1.29, 1.82) is 0 Å². The van der Waals surface area contributed by atoms with E-state index in [2.05, 4.69) is 36.2 Å². The van der Waals surface area contributed by atoms with Crippen LogP contribution in [0.15, 0.2) is 59.4 Å². The molecule has 0 spiro atoms. The van der Waals surface area contributed by atoms with E-state index in [0.717, 1.165) is 27.5 Å². The summed E-state index contributed by atoms with van der Waals surface area (Å²) in [7, 11) is 1.82. The number of nitrogens with one attached hydrogen (secondary N) is 1. The summed E-state index contributed by atoms with van der Waals surface area (Å²) in [5, 5.41) is 2.08. The predicted octanol–water partition coefficient (Wildman–Crippen LogP) is 4.00. The molecule has 22 heavy (non-hydrogen) atoms. The van der Waals surface area contributed by atoms with Crippen molar-refractivity contribution in [2.45, 2.75) is 6.92 Å². The van der Waals surface area contributed by atoms with Crippen LogP contribution in [0.3, 0.4) is 0 Å². The number of aromatic nitrogens is 2. The number of aromatic amines is 1. The molecule has 2 aromatic heterocycles. The lowest BCUT2D eigenvalue weighted by molar-refractivity contribution is 0.915. The molecule has 3 heteroatoms. The van der Waals surface area contributed by atoms with Gasteiger partial charge >= 0.3 is 0 Å². The van der Waals surface area contributed by atoms with Crippen LogP contribution in [0.5, 0.6) is 0 Å². The van der Waals surface area contributed by atoms with Crippen LogP contribution >= 0.6 is 0 Å².